The number of aromatic nitrogens is 2. The number of phenols is 1. The Morgan fingerprint density at radius 1 is 1.27 bits per heavy atom. The second-order valence-corrected chi connectivity index (χ2v) is 7.44. The van der Waals surface area contributed by atoms with Gasteiger partial charge in [0.05, 0.1) is 5.69 Å². The Morgan fingerprint density at radius 3 is 2.92 bits per heavy atom. The van der Waals surface area contributed by atoms with Crippen molar-refractivity contribution in [1.29, 1.82) is 0 Å². The fourth-order valence-electron chi connectivity index (χ4n) is 4.05. The molecule has 26 heavy (non-hydrogen) atoms. The van der Waals surface area contributed by atoms with Crippen LogP contribution in [-0.4, -0.2) is 39.1 Å². The van der Waals surface area contributed by atoms with Crippen LogP contribution in [0.2, 0.25) is 0 Å². The number of para-hydroxylation sites is 1. The van der Waals surface area contributed by atoms with Crippen molar-refractivity contribution in [3.05, 3.63) is 51.4 Å². The molecule has 4 rings (SSSR count). The van der Waals surface area contributed by atoms with Crippen molar-refractivity contribution in [2.45, 2.75) is 51.7 Å². The van der Waals surface area contributed by atoms with Gasteiger partial charge in [-0.3, -0.25) is 14.7 Å². The lowest BCUT2D eigenvalue weighted by Crippen LogP contribution is -2.41. The second kappa shape index (κ2) is 7.11. The Bertz CT molecular complexity index is 848. The smallest absolute Gasteiger partial charge is 0.255 e. The van der Waals surface area contributed by atoms with Crippen molar-refractivity contribution >= 4 is 5.95 Å². The van der Waals surface area contributed by atoms with Gasteiger partial charge in [-0.05, 0) is 38.7 Å². The van der Waals surface area contributed by atoms with E-state index in [1.54, 1.807) is 6.07 Å². The Balaban J connectivity index is 1.57. The monoisotopic (exact) mass is 354 g/mol. The molecule has 1 saturated heterocycles. The quantitative estimate of drug-likeness (QED) is 0.886. The lowest BCUT2D eigenvalue weighted by atomic mass is 10.0. The van der Waals surface area contributed by atoms with Gasteiger partial charge < -0.3 is 10.0 Å². The fraction of sp³-hybridized carbons (Fsp3) is 0.500. The number of nitrogens with one attached hydrogen (secondary N) is 1. The first-order chi connectivity index (χ1) is 12.6. The zero-order chi connectivity index (χ0) is 18.1. The summed E-state index contributed by atoms with van der Waals surface area (Å²) in [5.41, 5.74) is 2.60. The van der Waals surface area contributed by atoms with Crippen molar-refractivity contribution < 1.29 is 5.11 Å². The molecule has 0 bridgehead atoms. The number of rotatable bonds is 3. The highest BCUT2D eigenvalue weighted by molar-refractivity contribution is 5.36. The molecule has 1 aromatic heterocycles. The number of aromatic amines is 1. The summed E-state index contributed by atoms with van der Waals surface area (Å²) in [7, 11) is 0. The molecular formula is C20H26N4O2. The number of fused-ring (bicyclic) bond motifs is 1. The van der Waals surface area contributed by atoms with Gasteiger partial charge in [0.15, 0.2) is 0 Å². The molecule has 0 spiro atoms. The summed E-state index contributed by atoms with van der Waals surface area (Å²) in [6.07, 6.45) is 4.22. The first kappa shape index (κ1) is 17.1. The van der Waals surface area contributed by atoms with Crippen LogP contribution < -0.4 is 10.5 Å². The number of hydrogen-bond donors (Lipinski definition) is 2. The van der Waals surface area contributed by atoms with Crippen LogP contribution in [0.3, 0.4) is 0 Å². The van der Waals surface area contributed by atoms with Crippen LogP contribution in [0.4, 0.5) is 5.95 Å². The fourth-order valence-corrected chi connectivity index (χ4v) is 4.05. The standard InChI is InChI=1S/C20H26N4O2/c1-14-6-4-5-10-24(14)20-21-17-13-23(11-9-16(17)19(26)22-20)12-15-7-2-3-8-18(15)25/h2-3,7-8,14,25H,4-6,9-13H2,1H3,(H,21,22,26)/t14-/m1/s1. The van der Waals surface area contributed by atoms with Crippen LogP contribution >= 0.6 is 0 Å². The average Bonchev–Trinajstić information content (AvgIpc) is 2.64. The maximum Gasteiger partial charge on any atom is 0.255 e. The highest BCUT2D eigenvalue weighted by Crippen LogP contribution is 2.24. The molecule has 0 amide bonds. The largest absolute Gasteiger partial charge is 0.508 e. The molecule has 0 radical (unpaired) electrons. The zero-order valence-electron chi connectivity index (χ0n) is 15.2. The lowest BCUT2D eigenvalue weighted by molar-refractivity contribution is 0.237. The van der Waals surface area contributed by atoms with Crippen molar-refractivity contribution in [3.8, 4) is 5.75 Å². The lowest BCUT2D eigenvalue weighted by Gasteiger charge is -2.35. The summed E-state index contributed by atoms with van der Waals surface area (Å²) < 4.78 is 0. The third kappa shape index (κ3) is 3.33. The minimum Gasteiger partial charge on any atom is -0.508 e. The molecule has 6 nitrogen and oxygen atoms in total. The maximum atomic E-state index is 12.6. The SMILES string of the molecule is C[C@@H]1CCCCN1c1nc2c(c(=O)[nH]1)CCN(Cc1ccccc1O)C2. The highest BCUT2D eigenvalue weighted by atomic mass is 16.3. The average molecular weight is 354 g/mol. The van der Waals surface area contributed by atoms with E-state index >= 15 is 0 Å². The molecule has 3 heterocycles. The summed E-state index contributed by atoms with van der Waals surface area (Å²) in [6, 6.07) is 7.83. The van der Waals surface area contributed by atoms with Crippen molar-refractivity contribution in [2.75, 3.05) is 18.0 Å². The van der Waals surface area contributed by atoms with E-state index in [1.165, 1.54) is 6.42 Å². The van der Waals surface area contributed by atoms with Crippen LogP contribution in [0.15, 0.2) is 29.1 Å². The summed E-state index contributed by atoms with van der Waals surface area (Å²) in [6.45, 7) is 5.25. The van der Waals surface area contributed by atoms with E-state index in [0.717, 1.165) is 42.8 Å². The highest BCUT2D eigenvalue weighted by Gasteiger charge is 2.25. The Labute approximate surface area is 153 Å². The first-order valence-corrected chi connectivity index (χ1v) is 9.50. The number of hydrogen-bond acceptors (Lipinski definition) is 5. The molecule has 1 atom stereocenters. The normalized spacial score (nSPS) is 20.8. The summed E-state index contributed by atoms with van der Waals surface area (Å²) in [5, 5.41) is 10.0. The van der Waals surface area contributed by atoms with Crippen LogP contribution in [0.25, 0.3) is 0 Å². The minimum atomic E-state index is 0.00461. The van der Waals surface area contributed by atoms with Crippen LogP contribution in [0.1, 0.15) is 43.0 Å². The molecule has 0 aliphatic carbocycles. The molecule has 1 fully saturated rings. The summed E-state index contributed by atoms with van der Waals surface area (Å²) in [5.74, 6) is 1.03. The molecular weight excluding hydrogens is 328 g/mol. The topological polar surface area (TPSA) is 72.5 Å². The third-order valence-corrected chi connectivity index (χ3v) is 5.60. The third-order valence-electron chi connectivity index (χ3n) is 5.60. The van der Waals surface area contributed by atoms with E-state index in [4.69, 9.17) is 4.98 Å². The number of nitrogens with zero attached hydrogens (tertiary/aromatic N) is 3. The van der Waals surface area contributed by atoms with Gasteiger partial charge in [0.2, 0.25) is 5.95 Å². The van der Waals surface area contributed by atoms with Crippen molar-refractivity contribution in [3.63, 3.8) is 0 Å². The van der Waals surface area contributed by atoms with Crippen LogP contribution in [0.5, 0.6) is 5.75 Å². The van der Waals surface area contributed by atoms with Crippen molar-refractivity contribution in [1.82, 2.24) is 14.9 Å². The number of phenolic OH excluding ortho intramolecular Hbond substituents is 1. The predicted octanol–water partition coefficient (Wildman–Crippen LogP) is 2.41. The van der Waals surface area contributed by atoms with Gasteiger partial charge >= 0.3 is 0 Å². The number of benzene rings is 1. The van der Waals surface area contributed by atoms with Crippen LogP contribution in [0, 0.1) is 0 Å². The van der Waals surface area contributed by atoms with Gasteiger partial charge in [-0.2, -0.15) is 0 Å². The van der Waals surface area contributed by atoms with Gasteiger partial charge in [0, 0.05) is 43.3 Å². The number of aromatic hydroxyl groups is 1. The zero-order valence-corrected chi connectivity index (χ0v) is 15.2. The van der Waals surface area contributed by atoms with Crippen LogP contribution in [-0.2, 0) is 19.5 Å². The Morgan fingerprint density at radius 2 is 2.12 bits per heavy atom. The summed E-state index contributed by atoms with van der Waals surface area (Å²) >= 11 is 0. The second-order valence-electron chi connectivity index (χ2n) is 7.44. The maximum absolute atomic E-state index is 12.6. The summed E-state index contributed by atoms with van der Waals surface area (Å²) in [4.78, 5) is 24.9. The van der Waals surface area contributed by atoms with Gasteiger partial charge in [-0.15, -0.1) is 0 Å². The first-order valence-electron chi connectivity index (χ1n) is 9.50. The van der Waals surface area contributed by atoms with E-state index in [-0.39, 0.29) is 5.56 Å². The molecule has 2 N–H and O–H groups in total. The van der Waals surface area contributed by atoms with E-state index in [0.29, 0.717) is 37.3 Å². The predicted molar refractivity (Wildman–Crippen MR) is 101 cm³/mol. The van der Waals surface area contributed by atoms with Gasteiger partial charge in [0.25, 0.3) is 5.56 Å². The molecule has 6 heteroatoms. The molecule has 1 aromatic carbocycles. The molecule has 0 unspecified atom stereocenters. The Hall–Kier alpha value is -2.34. The number of anilines is 1. The molecule has 2 aliphatic rings. The molecule has 0 saturated carbocycles. The van der Waals surface area contributed by atoms with E-state index in [9.17, 15) is 9.90 Å². The van der Waals surface area contributed by atoms with Gasteiger partial charge in [-0.1, -0.05) is 18.2 Å². The minimum absolute atomic E-state index is 0.00461. The molecule has 2 aromatic rings. The number of H-pyrrole nitrogens is 1. The van der Waals surface area contributed by atoms with E-state index in [1.807, 2.05) is 18.2 Å². The molecule has 138 valence electrons. The van der Waals surface area contributed by atoms with E-state index < -0.39 is 0 Å². The number of piperidine rings is 1. The Kier molecular flexibility index (Phi) is 4.68. The van der Waals surface area contributed by atoms with E-state index in [2.05, 4.69) is 21.7 Å². The van der Waals surface area contributed by atoms with Gasteiger partial charge in [0.1, 0.15) is 5.75 Å². The van der Waals surface area contributed by atoms with Crippen molar-refractivity contribution in [2.24, 2.45) is 0 Å². The molecule has 2 aliphatic heterocycles. The van der Waals surface area contributed by atoms with Gasteiger partial charge in [-0.25, -0.2) is 4.98 Å².